The fourth-order valence-corrected chi connectivity index (χ4v) is 4.41. The molecule has 6 nitrogen and oxygen atoms in total. The van der Waals surface area contributed by atoms with Crippen molar-refractivity contribution in [3.63, 3.8) is 0 Å². The molecule has 4 rings (SSSR count). The van der Waals surface area contributed by atoms with Gasteiger partial charge in [0.25, 0.3) is 5.91 Å². The number of alkyl halides is 1. The van der Waals surface area contributed by atoms with Crippen LogP contribution in [0.1, 0.15) is 29.5 Å². The molecule has 2 fully saturated rings. The Morgan fingerprint density at radius 3 is 2.61 bits per heavy atom. The second-order valence-corrected chi connectivity index (χ2v) is 8.13. The van der Waals surface area contributed by atoms with Gasteiger partial charge < -0.3 is 4.90 Å². The third-order valence-electron chi connectivity index (χ3n) is 5.04. The first kappa shape index (κ1) is 19.1. The number of rotatable bonds is 3. The molecule has 0 radical (unpaired) electrons. The topological polar surface area (TPSA) is 58.6 Å². The minimum absolute atomic E-state index is 0.0398. The molecule has 2 aliphatic heterocycles. The molecule has 3 atom stereocenters. The van der Waals surface area contributed by atoms with E-state index in [2.05, 4.69) is 10.2 Å². The summed E-state index contributed by atoms with van der Waals surface area (Å²) in [6.07, 6.45) is -0.712. The monoisotopic (exact) mass is 412 g/mol. The van der Waals surface area contributed by atoms with Crippen molar-refractivity contribution in [1.29, 1.82) is 0 Å². The molecule has 0 bridgehead atoms. The van der Waals surface area contributed by atoms with Gasteiger partial charge in [-0.25, -0.2) is 18.2 Å². The average molecular weight is 412 g/mol. The van der Waals surface area contributed by atoms with Crippen molar-refractivity contribution in [1.82, 2.24) is 15.3 Å². The van der Waals surface area contributed by atoms with E-state index < -0.39 is 35.7 Å². The second kappa shape index (κ2) is 7.67. The summed E-state index contributed by atoms with van der Waals surface area (Å²) in [5, 5.41) is 10.5. The third-order valence-corrected chi connectivity index (χ3v) is 5.94. The highest BCUT2D eigenvalue weighted by Crippen LogP contribution is 2.35. The maximum absolute atomic E-state index is 14.8. The lowest BCUT2D eigenvalue weighted by atomic mass is 9.93. The lowest BCUT2D eigenvalue weighted by molar-refractivity contribution is -0.184. The van der Waals surface area contributed by atoms with Crippen molar-refractivity contribution in [2.75, 3.05) is 24.6 Å². The molecule has 1 amide bonds. The van der Waals surface area contributed by atoms with Gasteiger partial charge in [0.2, 0.25) is 5.13 Å². The number of nitrogens with zero attached hydrogens (tertiary/aromatic N) is 4. The van der Waals surface area contributed by atoms with Crippen molar-refractivity contribution >= 4 is 22.4 Å². The van der Waals surface area contributed by atoms with Gasteiger partial charge >= 0.3 is 0 Å². The van der Waals surface area contributed by atoms with Crippen LogP contribution in [0, 0.1) is 24.5 Å². The lowest BCUT2D eigenvalue weighted by Crippen LogP contribution is -2.48. The lowest BCUT2D eigenvalue weighted by Gasteiger charge is -2.35. The molecule has 0 aliphatic carbocycles. The Balaban J connectivity index is 1.47. The van der Waals surface area contributed by atoms with Crippen LogP contribution in [0.15, 0.2) is 18.2 Å². The quantitative estimate of drug-likeness (QED) is 0.775. The number of hydrogen-bond acceptors (Lipinski definition) is 6. The van der Waals surface area contributed by atoms with Crippen LogP contribution in [0.5, 0.6) is 0 Å². The van der Waals surface area contributed by atoms with Gasteiger partial charge in [0.1, 0.15) is 22.8 Å². The van der Waals surface area contributed by atoms with Crippen molar-refractivity contribution in [3.05, 3.63) is 40.4 Å². The highest BCUT2D eigenvalue weighted by Gasteiger charge is 2.42. The normalized spacial score (nSPS) is 25.4. The molecule has 0 spiro atoms. The molecule has 2 aliphatic rings. The molecule has 0 saturated carbocycles. The van der Waals surface area contributed by atoms with E-state index in [0.717, 1.165) is 16.1 Å². The predicted molar refractivity (Wildman–Crippen MR) is 96.4 cm³/mol. The molecule has 150 valence electrons. The van der Waals surface area contributed by atoms with Gasteiger partial charge in [-0.2, -0.15) is 0 Å². The molecule has 2 aromatic rings. The smallest absolute Gasteiger partial charge is 0.252 e. The van der Waals surface area contributed by atoms with Gasteiger partial charge in [-0.3, -0.25) is 9.63 Å². The summed E-state index contributed by atoms with van der Waals surface area (Å²) in [7, 11) is 0. The van der Waals surface area contributed by atoms with Gasteiger partial charge in [-0.1, -0.05) is 11.3 Å². The molecule has 10 heteroatoms. The van der Waals surface area contributed by atoms with Crippen LogP contribution in [0.2, 0.25) is 0 Å². The van der Waals surface area contributed by atoms with E-state index in [1.165, 1.54) is 23.5 Å². The number of anilines is 1. The Bertz CT molecular complexity index is 860. The maximum Gasteiger partial charge on any atom is 0.252 e. The summed E-state index contributed by atoms with van der Waals surface area (Å²) in [6.45, 7) is 2.57. The first-order valence-electron chi connectivity index (χ1n) is 9.03. The largest absolute Gasteiger partial charge is 0.344 e. The first-order valence-corrected chi connectivity index (χ1v) is 9.85. The predicted octanol–water partition coefficient (Wildman–Crippen LogP) is 3.19. The number of piperidine rings is 1. The van der Waals surface area contributed by atoms with Crippen LogP contribution >= 0.6 is 11.3 Å². The summed E-state index contributed by atoms with van der Waals surface area (Å²) < 4.78 is 42.0. The summed E-state index contributed by atoms with van der Waals surface area (Å²) in [5.74, 6) is -2.81. The van der Waals surface area contributed by atoms with E-state index in [0.29, 0.717) is 30.1 Å². The number of hydrogen-bond donors (Lipinski definition) is 0. The molecule has 1 aromatic carbocycles. The van der Waals surface area contributed by atoms with Gasteiger partial charge in [0.05, 0.1) is 25.1 Å². The van der Waals surface area contributed by atoms with Crippen LogP contribution < -0.4 is 4.90 Å². The number of aryl methyl sites for hydroxylation is 1. The van der Waals surface area contributed by atoms with E-state index in [1.54, 1.807) is 4.90 Å². The Kier molecular flexibility index (Phi) is 5.24. The fraction of sp³-hybridized carbons (Fsp3) is 0.500. The number of carbonyl (C=O) groups excluding carboxylic acids is 1. The Hall–Kier alpha value is -2.20. The van der Waals surface area contributed by atoms with Crippen molar-refractivity contribution in [2.24, 2.45) is 5.92 Å². The summed E-state index contributed by atoms with van der Waals surface area (Å²) in [4.78, 5) is 20.1. The Morgan fingerprint density at radius 1 is 1.21 bits per heavy atom. The van der Waals surface area contributed by atoms with Crippen molar-refractivity contribution < 1.29 is 22.8 Å². The third kappa shape index (κ3) is 3.70. The zero-order chi connectivity index (χ0) is 19.8. The Labute approximate surface area is 163 Å². The SMILES string of the molecule is Cc1nnc(N2CC[C@@H](C(=O)N3OCCC3c3cc(F)cc(F)c3)[C@@H](F)C2)s1. The van der Waals surface area contributed by atoms with E-state index >= 15 is 0 Å². The van der Waals surface area contributed by atoms with Crippen LogP contribution in [0.25, 0.3) is 0 Å². The van der Waals surface area contributed by atoms with Gasteiger partial charge in [0, 0.05) is 19.0 Å². The second-order valence-electron chi connectivity index (χ2n) is 6.97. The molecular weight excluding hydrogens is 393 g/mol. The summed E-state index contributed by atoms with van der Waals surface area (Å²) >= 11 is 1.38. The van der Waals surface area contributed by atoms with Crippen LogP contribution in [-0.2, 0) is 9.63 Å². The van der Waals surface area contributed by atoms with Gasteiger partial charge in [0.15, 0.2) is 0 Å². The van der Waals surface area contributed by atoms with Gasteiger partial charge in [-0.15, -0.1) is 10.2 Å². The summed E-state index contributed by atoms with van der Waals surface area (Å²) in [6, 6.07) is 2.49. The minimum atomic E-state index is -1.40. The highest BCUT2D eigenvalue weighted by molar-refractivity contribution is 7.15. The number of halogens is 3. The zero-order valence-electron chi connectivity index (χ0n) is 15.1. The van der Waals surface area contributed by atoms with Crippen LogP contribution in [0.4, 0.5) is 18.3 Å². The van der Waals surface area contributed by atoms with Crippen molar-refractivity contribution in [2.45, 2.75) is 32.0 Å². The van der Waals surface area contributed by atoms with E-state index in [-0.39, 0.29) is 13.2 Å². The molecule has 1 unspecified atom stereocenters. The molecule has 2 saturated heterocycles. The number of hydroxylamine groups is 2. The molecular formula is C18H19F3N4O2S. The van der Waals surface area contributed by atoms with E-state index in [1.807, 2.05) is 6.92 Å². The minimum Gasteiger partial charge on any atom is -0.344 e. The highest BCUT2D eigenvalue weighted by atomic mass is 32.1. The number of benzene rings is 1. The zero-order valence-corrected chi connectivity index (χ0v) is 16.0. The number of carbonyl (C=O) groups is 1. The molecule has 28 heavy (non-hydrogen) atoms. The van der Waals surface area contributed by atoms with Crippen molar-refractivity contribution in [3.8, 4) is 0 Å². The molecule has 0 N–H and O–H groups in total. The van der Waals surface area contributed by atoms with Crippen LogP contribution in [0.3, 0.4) is 0 Å². The molecule has 1 aromatic heterocycles. The van der Waals surface area contributed by atoms with E-state index in [4.69, 9.17) is 4.84 Å². The van der Waals surface area contributed by atoms with E-state index in [9.17, 15) is 18.0 Å². The summed E-state index contributed by atoms with van der Waals surface area (Å²) in [5.41, 5.74) is 0.306. The maximum atomic E-state index is 14.8. The standard InChI is InChI=1S/C18H19F3N4O2S/c1-10-22-23-18(28-10)24-4-2-14(15(21)9-24)17(26)25-16(3-5-27-25)11-6-12(19)8-13(20)7-11/h6-8,14-16H,2-5,9H2,1H3/t14-,15+,16?/m1/s1. The fourth-order valence-electron chi connectivity index (χ4n) is 3.69. The number of amides is 1. The Morgan fingerprint density at radius 2 is 1.96 bits per heavy atom. The van der Waals surface area contributed by atoms with Gasteiger partial charge in [-0.05, 0) is 31.0 Å². The first-order chi connectivity index (χ1) is 13.4. The number of aromatic nitrogens is 2. The van der Waals surface area contributed by atoms with Crippen LogP contribution in [-0.4, -0.2) is 47.0 Å². The average Bonchev–Trinajstić information content (AvgIpc) is 3.29. The molecule has 3 heterocycles.